The largest absolute Gasteiger partial charge is 0.324 e. The molecule has 2 aromatic heterocycles. The van der Waals surface area contributed by atoms with Crippen molar-refractivity contribution in [1.82, 2.24) is 9.55 Å². The summed E-state index contributed by atoms with van der Waals surface area (Å²) in [5, 5.41) is 5.03. The first-order chi connectivity index (χ1) is 14.0. The molecule has 5 nitrogen and oxygen atoms in total. The van der Waals surface area contributed by atoms with E-state index in [0.717, 1.165) is 35.9 Å². The highest BCUT2D eigenvalue weighted by atomic mass is 35.5. The molecular weight excluding hydrogens is 449 g/mol. The second-order valence-electron chi connectivity index (χ2n) is 6.85. The summed E-state index contributed by atoms with van der Waals surface area (Å²) < 4.78 is 1.71. The average Bonchev–Trinajstić information content (AvgIpc) is 3.26. The van der Waals surface area contributed by atoms with Gasteiger partial charge in [0.2, 0.25) is 5.91 Å². The molecule has 0 saturated carbocycles. The van der Waals surface area contributed by atoms with Gasteiger partial charge in [0.05, 0.1) is 21.8 Å². The van der Waals surface area contributed by atoms with E-state index >= 15 is 0 Å². The Bertz CT molecular complexity index is 1160. The predicted octanol–water partition coefficient (Wildman–Crippen LogP) is 5.39. The van der Waals surface area contributed by atoms with E-state index in [-0.39, 0.29) is 17.2 Å². The SMILES string of the molecule is CCCn1c(SCC(=O)Nc2cc(Cl)ccc2Cl)nc2sc3c(c2c1=O)CCC3. The lowest BCUT2D eigenvalue weighted by Crippen LogP contribution is -2.24. The Morgan fingerprint density at radius 1 is 1.34 bits per heavy atom. The molecule has 152 valence electrons. The zero-order chi connectivity index (χ0) is 20.5. The molecule has 0 fully saturated rings. The van der Waals surface area contributed by atoms with Gasteiger partial charge in [-0.15, -0.1) is 11.3 Å². The highest BCUT2D eigenvalue weighted by Gasteiger charge is 2.23. The summed E-state index contributed by atoms with van der Waals surface area (Å²) in [5.41, 5.74) is 1.66. The van der Waals surface area contributed by atoms with E-state index in [0.29, 0.717) is 27.4 Å². The van der Waals surface area contributed by atoms with Gasteiger partial charge in [-0.05, 0) is 49.4 Å². The number of carbonyl (C=O) groups excluding carboxylic acids is 1. The van der Waals surface area contributed by atoms with Crippen LogP contribution in [-0.4, -0.2) is 21.2 Å². The molecule has 1 aliphatic carbocycles. The maximum absolute atomic E-state index is 13.2. The number of hydrogen-bond donors (Lipinski definition) is 1. The Hall–Kier alpha value is -1.54. The summed E-state index contributed by atoms with van der Waals surface area (Å²) >= 11 is 15.0. The van der Waals surface area contributed by atoms with Gasteiger partial charge in [-0.2, -0.15) is 0 Å². The number of thioether (sulfide) groups is 1. The third-order valence-corrected chi connectivity index (χ3v) is 7.50. The zero-order valence-corrected chi connectivity index (χ0v) is 18.9. The van der Waals surface area contributed by atoms with E-state index in [9.17, 15) is 9.59 Å². The monoisotopic (exact) mass is 467 g/mol. The molecule has 0 radical (unpaired) electrons. The lowest BCUT2D eigenvalue weighted by atomic mass is 10.2. The number of amides is 1. The van der Waals surface area contributed by atoms with E-state index in [1.54, 1.807) is 34.1 Å². The van der Waals surface area contributed by atoms with Crippen LogP contribution in [0.25, 0.3) is 10.2 Å². The Kier molecular flexibility index (Phi) is 6.20. The highest BCUT2D eigenvalue weighted by Crippen LogP contribution is 2.35. The Morgan fingerprint density at radius 3 is 2.97 bits per heavy atom. The number of nitrogens with zero attached hydrogens (tertiary/aromatic N) is 2. The van der Waals surface area contributed by atoms with Crippen molar-refractivity contribution in [3.05, 3.63) is 49.0 Å². The van der Waals surface area contributed by atoms with E-state index in [2.05, 4.69) is 5.32 Å². The Labute approximate surface area is 186 Å². The van der Waals surface area contributed by atoms with Gasteiger partial charge in [0.1, 0.15) is 4.83 Å². The Balaban J connectivity index is 1.58. The number of halogens is 2. The van der Waals surface area contributed by atoms with Crippen molar-refractivity contribution >= 4 is 68.1 Å². The minimum atomic E-state index is -0.231. The topological polar surface area (TPSA) is 64.0 Å². The van der Waals surface area contributed by atoms with Gasteiger partial charge < -0.3 is 5.32 Å². The van der Waals surface area contributed by atoms with Gasteiger partial charge in [0, 0.05) is 16.4 Å². The van der Waals surface area contributed by atoms with Crippen molar-refractivity contribution in [1.29, 1.82) is 0 Å². The van der Waals surface area contributed by atoms with Crippen molar-refractivity contribution < 1.29 is 4.79 Å². The first-order valence-electron chi connectivity index (χ1n) is 9.40. The number of fused-ring (bicyclic) bond motifs is 3. The molecule has 1 aromatic carbocycles. The molecule has 9 heteroatoms. The van der Waals surface area contributed by atoms with Crippen molar-refractivity contribution in [2.45, 2.75) is 44.3 Å². The van der Waals surface area contributed by atoms with Crippen LogP contribution in [0.5, 0.6) is 0 Å². The Morgan fingerprint density at radius 2 is 2.17 bits per heavy atom. The van der Waals surface area contributed by atoms with Crippen molar-refractivity contribution in [2.24, 2.45) is 0 Å². The lowest BCUT2D eigenvalue weighted by molar-refractivity contribution is -0.113. The van der Waals surface area contributed by atoms with Gasteiger partial charge in [0.25, 0.3) is 5.56 Å². The number of benzene rings is 1. The molecule has 2 heterocycles. The number of thiophene rings is 1. The maximum atomic E-state index is 13.2. The molecule has 0 atom stereocenters. The smallest absolute Gasteiger partial charge is 0.263 e. The van der Waals surface area contributed by atoms with E-state index in [1.807, 2.05) is 6.92 Å². The molecule has 0 bridgehead atoms. The second-order valence-corrected chi connectivity index (χ2v) is 9.72. The highest BCUT2D eigenvalue weighted by molar-refractivity contribution is 7.99. The minimum absolute atomic E-state index is 0.0112. The van der Waals surface area contributed by atoms with Crippen LogP contribution in [0.15, 0.2) is 28.2 Å². The molecule has 29 heavy (non-hydrogen) atoms. The molecule has 1 amide bonds. The molecule has 0 saturated heterocycles. The van der Waals surface area contributed by atoms with Gasteiger partial charge in [-0.3, -0.25) is 14.2 Å². The van der Waals surface area contributed by atoms with Crippen LogP contribution >= 0.6 is 46.3 Å². The lowest BCUT2D eigenvalue weighted by Gasteiger charge is -2.12. The van der Waals surface area contributed by atoms with Crippen LogP contribution in [0.3, 0.4) is 0 Å². The van der Waals surface area contributed by atoms with Crippen LogP contribution in [0.1, 0.15) is 30.2 Å². The third kappa shape index (κ3) is 4.19. The number of aromatic nitrogens is 2. The normalized spacial score (nSPS) is 13.1. The predicted molar refractivity (Wildman–Crippen MR) is 122 cm³/mol. The van der Waals surface area contributed by atoms with Crippen LogP contribution in [-0.2, 0) is 24.2 Å². The van der Waals surface area contributed by atoms with Crippen LogP contribution < -0.4 is 10.9 Å². The van der Waals surface area contributed by atoms with E-state index in [4.69, 9.17) is 28.2 Å². The number of hydrogen-bond acceptors (Lipinski definition) is 5. The summed E-state index contributed by atoms with van der Waals surface area (Å²) in [6.45, 7) is 2.60. The molecule has 1 N–H and O–H groups in total. The van der Waals surface area contributed by atoms with Gasteiger partial charge >= 0.3 is 0 Å². The summed E-state index contributed by atoms with van der Waals surface area (Å²) in [6, 6.07) is 4.91. The first kappa shape index (κ1) is 20.7. The average molecular weight is 468 g/mol. The quantitative estimate of drug-likeness (QED) is 0.389. The minimum Gasteiger partial charge on any atom is -0.324 e. The van der Waals surface area contributed by atoms with Gasteiger partial charge in [-0.1, -0.05) is 41.9 Å². The number of nitrogens with one attached hydrogen (secondary N) is 1. The zero-order valence-electron chi connectivity index (χ0n) is 15.8. The fourth-order valence-electron chi connectivity index (χ4n) is 3.50. The van der Waals surface area contributed by atoms with Crippen molar-refractivity contribution in [2.75, 3.05) is 11.1 Å². The summed E-state index contributed by atoms with van der Waals surface area (Å²) in [6.07, 6.45) is 3.90. The van der Waals surface area contributed by atoms with Crippen molar-refractivity contribution in [3.8, 4) is 0 Å². The molecule has 1 aliphatic rings. The van der Waals surface area contributed by atoms with E-state index in [1.165, 1.54) is 22.2 Å². The van der Waals surface area contributed by atoms with Crippen LogP contribution in [0.4, 0.5) is 5.69 Å². The van der Waals surface area contributed by atoms with Crippen LogP contribution in [0, 0.1) is 0 Å². The standard InChI is InChI=1S/C20H19Cl2N3O2S2/c1-2-8-25-19(27)17-12-4-3-5-15(12)29-18(17)24-20(25)28-10-16(26)23-14-9-11(21)6-7-13(14)22/h6-7,9H,2-5,8,10H2,1H3,(H,23,26). The number of carbonyl (C=O) groups is 1. The molecule has 3 aromatic rings. The molecule has 0 aliphatic heterocycles. The number of anilines is 1. The number of rotatable bonds is 6. The fraction of sp³-hybridized carbons (Fsp3) is 0.350. The van der Waals surface area contributed by atoms with E-state index < -0.39 is 0 Å². The van der Waals surface area contributed by atoms with Crippen molar-refractivity contribution in [3.63, 3.8) is 0 Å². The summed E-state index contributed by atoms with van der Waals surface area (Å²) in [4.78, 5) is 32.4. The molecule has 0 spiro atoms. The number of aryl methyl sites for hydroxylation is 2. The molecule has 0 unspecified atom stereocenters. The maximum Gasteiger partial charge on any atom is 0.263 e. The second kappa shape index (κ2) is 8.68. The fourth-order valence-corrected chi connectivity index (χ4v) is 5.96. The first-order valence-corrected chi connectivity index (χ1v) is 12.0. The van der Waals surface area contributed by atoms with Gasteiger partial charge in [0.15, 0.2) is 5.16 Å². The molecular formula is C20H19Cl2N3O2S2. The molecule has 4 rings (SSSR count). The summed E-state index contributed by atoms with van der Waals surface area (Å²) in [7, 11) is 0. The van der Waals surface area contributed by atoms with Crippen LogP contribution in [0.2, 0.25) is 10.0 Å². The van der Waals surface area contributed by atoms with Gasteiger partial charge in [-0.25, -0.2) is 4.98 Å². The summed E-state index contributed by atoms with van der Waals surface area (Å²) in [5.74, 6) is -0.111. The third-order valence-electron chi connectivity index (χ3n) is 4.77.